The maximum absolute atomic E-state index is 11.5. The zero-order valence-corrected chi connectivity index (χ0v) is 10.6. The molecule has 6 nitrogen and oxygen atoms in total. The van der Waals surface area contributed by atoms with Gasteiger partial charge in [-0.15, -0.1) is 0 Å². The highest BCUT2D eigenvalue weighted by molar-refractivity contribution is 5.94. The van der Waals surface area contributed by atoms with Crippen LogP contribution in [0.15, 0.2) is 30.3 Å². The van der Waals surface area contributed by atoms with E-state index < -0.39 is 17.9 Å². The summed E-state index contributed by atoms with van der Waals surface area (Å²) < 4.78 is 0. The Morgan fingerprint density at radius 2 is 2.00 bits per heavy atom. The Balaban J connectivity index is 2.62. The summed E-state index contributed by atoms with van der Waals surface area (Å²) in [6.45, 7) is -0.323. The predicted molar refractivity (Wildman–Crippen MR) is 71.5 cm³/mol. The molecule has 0 spiro atoms. The van der Waals surface area contributed by atoms with E-state index in [1.54, 1.807) is 24.3 Å². The number of carboxylic acids is 1. The number of nitriles is 1. The van der Waals surface area contributed by atoms with E-state index in [-0.39, 0.29) is 13.0 Å². The van der Waals surface area contributed by atoms with Gasteiger partial charge in [0.2, 0.25) is 5.91 Å². The Hall–Kier alpha value is -2.65. The average molecular weight is 274 g/mol. The molecule has 6 heteroatoms. The van der Waals surface area contributed by atoms with Crippen LogP contribution in [0.2, 0.25) is 0 Å². The lowest BCUT2D eigenvalue weighted by molar-refractivity contribution is -0.141. The van der Waals surface area contributed by atoms with Gasteiger partial charge in [-0.3, -0.25) is 4.79 Å². The molecular formula is C14H14N2O4. The summed E-state index contributed by atoms with van der Waals surface area (Å²) in [5.74, 6) is -1.76. The number of carboxylic acid groups (broad SMARTS) is 1. The van der Waals surface area contributed by atoms with Crippen molar-refractivity contribution in [3.05, 3.63) is 41.5 Å². The number of nitrogens with zero attached hydrogens (tertiary/aromatic N) is 1. The second-order valence-corrected chi connectivity index (χ2v) is 3.98. The first kappa shape index (κ1) is 15.4. The van der Waals surface area contributed by atoms with Crippen molar-refractivity contribution >= 4 is 18.0 Å². The number of hydrogen-bond acceptors (Lipinski definition) is 4. The van der Waals surface area contributed by atoms with Crippen molar-refractivity contribution in [3.8, 4) is 6.07 Å². The second-order valence-electron chi connectivity index (χ2n) is 3.98. The maximum Gasteiger partial charge on any atom is 0.326 e. The van der Waals surface area contributed by atoms with Crippen LogP contribution in [0.3, 0.4) is 0 Å². The van der Waals surface area contributed by atoms with E-state index in [1.165, 1.54) is 12.2 Å². The molecule has 0 saturated carbocycles. The largest absolute Gasteiger partial charge is 0.480 e. The first-order chi connectivity index (χ1) is 9.56. The minimum atomic E-state index is -1.20. The molecule has 1 atom stereocenters. The third-order valence-corrected chi connectivity index (χ3v) is 2.50. The summed E-state index contributed by atoms with van der Waals surface area (Å²) in [5, 5.41) is 28.4. The van der Waals surface area contributed by atoms with Crippen LogP contribution in [0.5, 0.6) is 0 Å². The van der Waals surface area contributed by atoms with Gasteiger partial charge in [0.15, 0.2) is 0 Å². The fraction of sp³-hybridized carbons (Fsp3) is 0.214. The Morgan fingerprint density at radius 3 is 2.50 bits per heavy atom. The van der Waals surface area contributed by atoms with Gasteiger partial charge in [-0.25, -0.2) is 4.79 Å². The molecule has 0 unspecified atom stereocenters. The molecule has 0 aliphatic carbocycles. The fourth-order valence-corrected chi connectivity index (χ4v) is 1.45. The normalized spacial score (nSPS) is 11.8. The number of aliphatic carboxylic acids is 1. The number of benzene rings is 1. The van der Waals surface area contributed by atoms with Crippen LogP contribution >= 0.6 is 0 Å². The topological polar surface area (TPSA) is 110 Å². The van der Waals surface area contributed by atoms with E-state index in [4.69, 9.17) is 15.5 Å². The van der Waals surface area contributed by atoms with E-state index in [9.17, 15) is 9.59 Å². The van der Waals surface area contributed by atoms with Gasteiger partial charge in [0.25, 0.3) is 0 Å². The molecule has 0 aromatic heterocycles. The van der Waals surface area contributed by atoms with E-state index in [0.717, 1.165) is 0 Å². The van der Waals surface area contributed by atoms with Crippen LogP contribution in [0, 0.1) is 11.3 Å². The van der Waals surface area contributed by atoms with Gasteiger partial charge in [-0.05, 0) is 23.8 Å². The predicted octanol–water partition coefficient (Wildman–Crippen LogP) is 0.523. The molecule has 0 radical (unpaired) electrons. The van der Waals surface area contributed by atoms with Gasteiger partial charge in [-0.1, -0.05) is 12.1 Å². The van der Waals surface area contributed by atoms with Crippen LogP contribution < -0.4 is 5.32 Å². The number of amides is 1. The van der Waals surface area contributed by atoms with Crippen LogP contribution in [-0.4, -0.2) is 34.7 Å². The van der Waals surface area contributed by atoms with Gasteiger partial charge in [0.1, 0.15) is 6.04 Å². The summed E-state index contributed by atoms with van der Waals surface area (Å²) in [6, 6.07) is 7.44. The zero-order valence-electron chi connectivity index (χ0n) is 10.6. The van der Waals surface area contributed by atoms with Crippen molar-refractivity contribution in [1.29, 1.82) is 5.26 Å². The van der Waals surface area contributed by atoms with Crippen molar-refractivity contribution in [2.24, 2.45) is 0 Å². The lowest BCUT2D eigenvalue weighted by Crippen LogP contribution is -2.40. The van der Waals surface area contributed by atoms with Gasteiger partial charge < -0.3 is 15.5 Å². The molecule has 0 fully saturated rings. The summed E-state index contributed by atoms with van der Waals surface area (Å²) in [4.78, 5) is 22.3. The SMILES string of the molecule is N#Cc1ccc(/C=C/C(=O)N[C@H](CCO)C(=O)O)cc1. The molecule has 1 rings (SSSR count). The van der Waals surface area contributed by atoms with Gasteiger partial charge in [0, 0.05) is 19.1 Å². The van der Waals surface area contributed by atoms with Gasteiger partial charge in [-0.2, -0.15) is 5.26 Å². The fourth-order valence-electron chi connectivity index (χ4n) is 1.45. The van der Waals surface area contributed by atoms with Crippen molar-refractivity contribution in [2.75, 3.05) is 6.61 Å². The smallest absolute Gasteiger partial charge is 0.326 e. The van der Waals surface area contributed by atoms with Crippen molar-refractivity contribution < 1.29 is 19.8 Å². The number of rotatable bonds is 6. The Labute approximate surface area is 116 Å². The van der Waals surface area contributed by atoms with Crippen LogP contribution in [-0.2, 0) is 9.59 Å². The molecule has 104 valence electrons. The number of aliphatic hydroxyl groups excluding tert-OH is 1. The molecule has 0 aliphatic rings. The van der Waals surface area contributed by atoms with Crippen molar-refractivity contribution in [2.45, 2.75) is 12.5 Å². The molecule has 0 heterocycles. The number of hydrogen-bond donors (Lipinski definition) is 3. The van der Waals surface area contributed by atoms with Crippen molar-refractivity contribution in [3.63, 3.8) is 0 Å². The second kappa shape index (κ2) is 7.71. The maximum atomic E-state index is 11.5. The molecule has 0 bridgehead atoms. The van der Waals surface area contributed by atoms with Crippen LogP contribution in [0.1, 0.15) is 17.5 Å². The number of carbonyl (C=O) groups excluding carboxylic acids is 1. The minimum absolute atomic E-state index is 0.0498. The quantitative estimate of drug-likeness (QED) is 0.655. The number of carbonyl (C=O) groups is 2. The molecule has 20 heavy (non-hydrogen) atoms. The number of nitrogens with one attached hydrogen (secondary N) is 1. The standard InChI is InChI=1S/C14H14N2O4/c15-9-11-3-1-10(2-4-11)5-6-13(18)16-12(7-8-17)14(19)20/h1-6,12,17H,7-8H2,(H,16,18)(H,19,20)/b6-5+/t12-/m1/s1. The number of aliphatic hydroxyl groups is 1. The summed E-state index contributed by atoms with van der Waals surface area (Å²) in [6.07, 6.45) is 2.66. The summed E-state index contributed by atoms with van der Waals surface area (Å²) >= 11 is 0. The highest BCUT2D eigenvalue weighted by atomic mass is 16.4. The summed E-state index contributed by atoms with van der Waals surface area (Å²) in [7, 11) is 0. The molecule has 0 aliphatic heterocycles. The Bertz CT molecular complexity index is 543. The van der Waals surface area contributed by atoms with E-state index in [2.05, 4.69) is 5.32 Å². The molecule has 3 N–H and O–H groups in total. The van der Waals surface area contributed by atoms with E-state index >= 15 is 0 Å². The lowest BCUT2D eigenvalue weighted by Gasteiger charge is -2.11. The van der Waals surface area contributed by atoms with Gasteiger partial charge in [0.05, 0.1) is 11.6 Å². The third kappa shape index (κ3) is 4.92. The molecule has 0 saturated heterocycles. The van der Waals surface area contributed by atoms with Crippen LogP contribution in [0.4, 0.5) is 0 Å². The monoisotopic (exact) mass is 274 g/mol. The Morgan fingerprint density at radius 1 is 1.35 bits per heavy atom. The molecule has 1 aromatic rings. The van der Waals surface area contributed by atoms with Crippen molar-refractivity contribution in [1.82, 2.24) is 5.32 Å². The highest BCUT2D eigenvalue weighted by Crippen LogP contribution is 2.05. The zero-order chi connectivity index (χ0) is 15.0. The highest BCUT2D eigenvalue weighted by Gasteiger charge is 2.17. The minimum Gasteiger partial charge on any atom is -0.480 e. The third-order valence-electron chi connectivity index (χ3n) is 2.50. The Kier molecular flexibility index (Phi) is 5.94. The van der Waals surface area contributed by atoms with Crippen LogP contribution in [0.25, 0.3) is 6.08 Å². The van der Waals surface area contributed by atoms with Gasteiger partial charge >= 0.3 is 5.97 Å². The lowest BCUT2D eigenvalue weighted by atomic mass is 10.1. The molecule has 1 aromatic carbocycles. The van der Waals surface area contributed by atoms with E-state index in [0.29, 0.717) is 11.1 Å². The first-order valence-corrected chi connectivity index (χ1v) is 5.89. The van der Waals surface area contributed by atoms with E-state index in [1.807, 2.05) is 6.07 Å². The summed E-state index contributed by atoms with van der Waals surface area (Å²) in [5.41, 5.74) is 1.23. The average Bonchev–Trinajstić information content (AvgIpc) is 2.45. The molecular weight excluding hydrogens is 260 g/mol. The molecule has 1 amide bonds. The first-order valence-electron chi connectivity index (χ1n) is 5.89.